The molecular formula is C15H21N5O. The van der Waals surface area contributed by atoms with Crippen molar-refractivity contribution in [2.75, 3.05) is 5.32 Å². The van der Waals surface area contributed by atoms with Gasteiger partial charge in [0.2, 0.25) is 5.91 Å². The number of aryl methyl sites for hydroxylation is 2. The molecule has 0 spiro atoms. The Labute approximate surface area is 123 Å². The first-order valence-electron chi connectivity index (χ1n) is 7.40. The van der Waals surface area contributed by atoms with Crippen molar-refractivity contribution in [1.82, 2.24) is 14.8 Å². The quantitative estimate of drug-likeness (QED) is 0.881. The lowest BCUT2D eigenvalue weighted by Gasteiger charge is -2.25. The molecule has 1 fully saturated rings. The summed E-state index contributed by atoms with van der Waals surface area (Å²) in [5.74, 6) is 0.0623. The van der Waals surface area contributed by atoms with E-state index < -0.39 is 0 Å². The Balaban J connectivity index is 1.78. The maximum atomic E-state index is 12.3. The van der Waals surface area contributed by atoms with E-state index in [1.165, 1.54) is 0 Å². The lowest BCUT2D eigenvalue weighted by molar-refractivity contribution is -0.120. The Kier molecular flexibility index (Phi) is 3.63. The van der Waals surface area contributed by atoms with E-state index in [0.29, 0.717) is 0 Å². The van der Waals surface area contributed by atoms with Crippen molar-refractivity contribution in [2.24, 2.45) is 18.7 Å². The minimum atomic E-state index is 0.0134. The molecule has 6 nitrogen and oxygen atoms in total. The zero-order chi connectivity index (χ0) is 15.0. The molecule has 2 aromatic heterocycles. The molecule has 1 aliphatic rings. The number of nitrogens with two attached hydrogens (primary N) is 1. The van der Waals surface area contributed by atoms with Crippen LogP contribution >= 0.6 is 0 Å². The van der Waals surface area contributed by atoms with Crippen molar-refractivity contribution in [3.05, 3.63) is 18.0 Å². The van der Waals surface area contributed by atoms with E-state index in [4.69, 9.17) is 5.73 Å². The topological polar surface area (TPSA) is 85.8 Å². The highest BCUT2D eigenvalue weighted by atomic mass is 16.1. The largest absolute Gasteiger partial charge is 0.328 e. The second-order valence-corrected chi connectivity index (χ2v) is 5.92. The maximum Gasteiger partial charge on any atom is 0.227 e. The molecule has 0 bridgehead atoms. The fraction of sp³-hybridized carbons (Fsp3) is 0.533. The zero-order valence-corrected chi connectivity index (χ0v) is 12.5. The number of amides is 1. The summed E-state index contributed by atoms with van der Waals surface area (Å²) in [6, 6.07) is 2.08. The number of nitrogens with zero attached hydrogens (tertiary/aromatic N) is 3. The first kappa shape index (κ1) is 14.0. The normalized spacial score (nSPS) is 22.4. The van der Waals surface area contributed by atoms with Crippen LogP contribution in [0.1, 0.15) is 31.4 Å². The molecule has 0 aromatic carbocycles. The first-order chi connectivity index (χ1) is 10.0. The van der Waals surface area contributed by atoms with Gasteiger partial charge in [0.25, 0.3) is 0 Å². The Bertz CT molecular complexity index is 678. The second-order valence-electron chi connectivity index (χ2n) is 5.92. The summed E-state index contributed by atoms with van der Waals surface area (Å²) in [6.07, 6.45) is 5.42. The van der Waals surface area contributed by atoms with Crippen molar-refractivity contribution in [3.8, 4) is 0 Å². The van der Waals surface area contributed by atoms with E-state index in [1.54, 1.807) is 10.9 Å². The third-order valence-electron chi connectivity index (χ3n) is 4.22. The number of anilines is 1. The molecule has 0 saturated heterocycles. The van der Waals surface area contributed by atoms with Gasteiger partial charge in [-0.05, 0) is 32.3 Å². The molecular weight excluding hydrogens is 266 g/mol. The molecule has 1 aliphatic carbocycles. The average molecular weight is 287 g/mol. The summed E-state index contributed by atoms with van der Waals surface area (Å²) in [4.78, 5) is 16.7. The van der Waals surface area contributed by atoms with Crippen molar-refractivity contribution in [2.45, 2.75) is 38.6 Å². The maximum absolute atomic E-state index is 12.3. The van der Waals surface area contributed by atoms with Gasteiger partial charge in [-0.2, -0.15) is 5.10 Å². The monoisotopic (exact) mass is 287 g/mol. The van der Waals surface area contributed by atoms with Crippen molar-refractivity contribution >= 4 is 22.6 Å². The molecule has 3 rings (SSSR count). The minimum absolute atomic E-state index is 0.0134. The standard InChI is InChI=1S/C15H21N5O/c1-9-13-7-12(8-17-14(13)20(2)19-9)18-15(21)10-4-3-5-11(16)6-10/h7-8,10-11H,3-6,16H2,1-2H3,(H,18,21). The van der Waals surface area contributed by atoms with E-state index in [1.807, 2.05) is 20.0 Å². The van der Waals surface area contributed by atoms with Crippen LogP contribution in [0.25, 0.3) is 11.0 Å². The summed E-state index contributed by atoms with van der Waals surface area (Å²) >= 11 is 0. The fourth-order valence-corrected chi connectivity index (χ4v) is 3.09. The number of pyridine rings is 1. The molecule has 21 heavy (non-hydrogen) atoms. The second kappa shape index (κ2) is 5.44. The Morgan fingerprint density at radius 2 is 2.29 bits per heavy atom. The van der Waals surface area contributed by atoms with Crippen molar-refractivity contribution in [3.63, 3.8) is 0 Å². The van der Waals surface area contributed by atoms with Gasteiger partial charge in [0.15, 0.2) is 5.65 Å². The number of carbonyl (C=O) groups is 1. The van der Waals surface area contributed by atoms with Crippen LogP contribution in [-0.2, 0) is 11.8 Å². The fourth-order valence-electron chi connectivity index (χ4n) is 3.09. The van der Waals surface area contributed by atoms with Gasteiger partial charge < -0.3 is 11.1 Å². The van der Waals surface area contributed by atoms with Crippen molar-refractivity contribution < 1.29 is 4.79 Å². The van der Waals surface area contributed by atoms with Crippen LogP contribution < -0.4 is 11.1 Å². The number of rotatable bonds is 2. The molecule has 2 heterocycles. The third kappa shape index (κ3) is 2.76. The molecule has 0 radical (unpaired) electrons. The predicted molar refractivity (Wildman–Crippen MR) is 81.8 cm³/mol. The van der Waals surface area contributed by atoms with Crippen LogP contribution in [-0.4, -0.2) is 26.7 Å². The first-order valence-corrected chi connectivity index (χ1v) is 7.40. The summed E-state index contributed by atoms with van der Waals surface area (Å²) < 4.78 is 1.75. The van der Waals surface area contributed by atoms with E-state index in [2.05, 4.69) is 15.4 Å². The Morgan fingerprint density at radius 1 is 1.48 bits per heavy atom. The van der Waals surface area contributed by atoms with Crippen LogP contribution in [0.2, 0.25) is 0 Å². The number of hydrogen-bond acceptors (Lipinski definition) is 4. The molecule has 2 unspecified atom stereocenters. The summed E-state index contributed by atoms with van der Waals surface area (Å²) in [5, 5.41) is 8.27. The van der Waals surface area contributed by atoms with Crippen LogP contribution in [0.15, 0.2) is 12.3 Å². The number of fused-ring (bicyclic) bond motifs is 1. The third-order valence-corrected chi connectivity index (χ3v) is 4.22. The number of nitrogens with one attached hydrogen (secondary N) is 1. The number of hydrogen-bond donors (Lipinski definition) is 2. The van der Waals surface area contributed by atoms with Gasteiger partial charge in [0, 0.05) is 24.4 Å². The van der Waals surface area contributed by atoms with Crippen LogP contribution in [0, 0.1) is 12.8 Å². The van der Waals surface area contributed by atoms with Crippen LogP contribution in [0.3, 0.4) is 0 Å². The van der Waals surface area contributed by atoms with E-state index >= 15 is 0 Å². The highest BCUT2D eigenvalue weighted by Gasteiger charge is 2.25. The predicted octanol–water partition coefficient (Wildman–Crippen LogP) is 1.73. The molecule has 1 saturated carbocycles. The molecule has 6 heteroatoms. The Hall–Kier alpha value is -1.95. The van der Waals surface area contributed by atoms with Gasteiger partial charge in [0.05, 0.1) is 17.6 Å². The van der Waals surface area contributed by atoms with Gasteiger partial charge in [-0.1, -0.05) is 6.42 Å². The van der Waals surface area contributed by atoms with Crippen molar-refractivity contribution in [1.29, 1.82) is 0 Å². The van der Waals surface area contributed by atoms with Gasteiger partial charge >= 0.3 is 0 Å². The molecule has 2 atom stereocenters. The summed E-state index contributed by atoms with van der Waals surface area (Å²) in [5.41, 5.74) is 8.41. The van der Waals surface area contributed by atoms with Crippen LogP contribution in [0.5, 0.6) is 0 Å². The lowest BCUT2D eigenvalue weighted by atomic mass is 9.85. The highest BCUT2D eigenvalue weighted by Crippen LogP contribution is 2.25. The van der Waals surface area contributed by atoms with E-state index in [9.17, 15) is 4.79 Å². The zero-order valence-electron chi connectivity index (χ0n) is 12.5. The number of carbonyl (C=O) groups excluding carboxylic acids is 1. The van der Waals surface area contributed by atoms with Gasteiger partial charge in [-0.15, -0.1) is 0 Å². The molecule has 1 amide bonds. The molecule has 3 N–H and O–H groups in total. The average Bonchev–Trinajstić information content (AvgIpc) is 2.74. The van der Waals surface area contributed by atoms with Gasteiger partial charge in [-0.3, -0.25) is 9.48 Å². The summed E-state index contributed by atoms with van der Waals surface area (Å²) in [7, 11) is 1.87. The molecule has 112 valence electrons. The smallest absolute Gasteiger partial charge is 0.227 e. The van der Waals surface area contributed by atoms with Gasteiger partial charge in [-0.25, -0.2) is 4.98 Å². The van der Waals surface area contributed by atoms with Gasteiger partial charge in [0.1, 0.15) is 0 Å². The molecule has 0 aliphatic heterocycles. The summed E-state index contributed by atoms with van der Waals surface area (Å²) in [6.45, 7) is 1.94. The highest BCUT2D eigenvalue weighted by molar-refractivity contribution is 5.94. The van der Waals surface area contributed by atoms with E-state index in [0.717, 1.165) is 48.1 Å². The SMILES string of the molecule is Cc1nn(C)c2ncc(NC(=O)C3CCCC(N)C3)cc12. The molecule has 2 aromatic rings. The van der Waals surface area contributed by atoms with E-state index in [-0.39, 0.29) is 17.9 Å². The van der Waals surface area contributed by atoms with Crippen LogP contribution in [0.4, 0.5) is 5.69 Å². The Morgan fingerprint density at radius 3 is 3.05 bits per heavy atom. The lowest BCUT2D eigenvalue weighted by Crippen LogP contribution is -2.34. The number of aromatic nitrogens is 3. The minimum Gasteiger partial charge on any atom is -0.328 e.